The second-order valence-electron chi connectivity index (χ2n) is 7.04. The Morgan fingerprint density at radius 3 is 2.73 bits per heavy atom. The van der Waals surface area contributed by atoms with E-state index in [-0.39, 0.29) is 5.82 Å². The van der Waals surface area contributed by atoms with Crippen LogP contribution in [0.1, 0.15) is 41.4 Å². The van der Waals surface area contributed by atoms with Crippen LogP contribution < -0.4 is 15.8 Å². The molecule has 2 aromatic carbocycles. The van der Waals surface area contributed by atoms with Crippen LogP contribution in [0.5, 0.6) is 5.75 Å². The van der Waals surface area contributed by atoms with E-state index in [1.165, 1.54) is 6.07 Å². The van der Waals surface area contributed by atoms with E-state index in [9.17, 15) is 14.3 Å². The number of primary amides is 1. The Morgan fingerprint density at radius 2 is 2.04 bits per heavy atom. The van der Waals surface area contributed by atoms with Crippen molar-refractivity contribution in [3.8, 4) is 5.75 Å². The molecule has 2 unspecified atom stereocenters. The molecule has 1 amide bonds. The fourth-order valence-electron chi connectivity index (χ4n) is 3.24. The molecule has 2 atom stereocenters. The monoisotopic (exact) mass is 358 g/mol. The van der Waals surface area contributed by atoms with Gasteiger partial charge in [-0.3, -0.25) is 4.79 Å². The van der Waals surface area contributed by atoms with Crippen LogP contribution in [-0.2, 0) is 6.42 Å². The van der Waals surface area contributed by atoms with Gasteiger partial charge in [-0.25, -0.2) is 4.39 Å². The summed E-state index contributed by atoms with van der Waals surface area (Å²) in [6.07, 6.45) is -0.374. The van der Waals surface area contributed by atoms with Gasteiger partial charge in [-0.1, -0.05) is 18.2 Å². The molecular formula is C20H23FN2O3. The second-order valence-corrected chi connectivity index (χ2v) is 7.04. The summed E-state index contributed by atoms with van der Waals surface area (Å²) in [5, 5.41) is 14.0. The molecule has 138 valence electrons. The molecule has 1 heterocycles. The van der Waals surface area contributed by atoms with Gasteiger partial charge in [0.05, 0.1) is 6.04 Å². The van der Waals surface area contributed by atoms with Crippen molar-refractivity contribution in [2.75, 3.05) is 6.54 Å². The summed E-state index contributed by atoms with van der Waals surface area (Å²) in [7, 11) is 0. The number of aliphatic hydroxyl groups excluding tert-OH is 1. The number of fused-ring (bicyclic) bond motifs is 1. The lowest BCUT2D eigenvalue weighted by atomic mass is 9.85. The summed E-state index contributed by atoms with van der Waals surface area (Å²) in [6.45, 7) is 4.06. The SMILES string of the molecule is CC1(C)Oc2ccc(C(N)=O)cc2C(NCCc2ccccc2F)C1O. The fourth-order valence-corrected chi connectivity index (χ4v) is 3.24. The lowest BCUT2D eigenvalue weighted by Crippen LogP contribution is -2.52. The van der Waals surface area contributed by atoms with Gasteiger partial charge in [0.2, 0.25) is 5.91 Å². The Bertz CT molecular complexity index is 822. The maximum atomic E-state index is 13.8. The van der Waals surface area contributed by atoms with Gasteiger partial charge in [-0.05, 0) is 56.6 Å². The number of carbonyl (C=O) groups excluding carboxylic acids is 1. The molecule has 0 aromatic heterocycles. The zero-order valence-corrected chi connectivity index (χ0v) is 14.8. The smallest absolute Gasteiger partial charge is 0.248 e. The maximum Gasteiger partial charge on any atom is 0.248 e. The third-order valence-corrected chi connectivity index (χ3v) is 4.75. The molecule has 0 radical (unpaired) electrons. The lowest BCUT2D eigenvalue weighted by Gasteiger charge is -2.42. The molecule has 2 aromatic rings. The first-order valence-electron chi connectivity index (χ1n) is 8.57. The number of hydrogen-bond donors (Lipinski definition) is 3. The van der Waals surface area contributed by atoms with Gasteiger partial charge >= 0.3 is 0 Å². The first-order chi connectivity index (χ1) is 12.3. The maximum absolute atomic E-state index is 13.8. The van der Waals surface area contributed by atoms with Crippen LogP contribution in [0, 0.1) is 5.82 Å². The van der Waals surface area contributed by atoms with E-state index >= 15 is 0 Å². The molecule has 0 saturated heterocycles. The van der Waals surface area contributed by atoms with Crippen LogP contribution in [0.2, 0.25) is 0 Å². The van der Waals surface area contributed by atoms with Crippen molar-refractivity contribution >= 4 is 5.91 Å². The highest BCUT2D eigenvalue weighted by atomic mass is 19.1. The normalized spacial score (nSPS) is 20.9. The number of hydrogen-bond acceptors (Lipinski definition) is 4. The van der Waals surface area contributed by atoms with Crippen molar-refractivity contribution in [3.63, 3.8) is 0 Å². The molecule has 5 nitrogen and oxygen atoms in total. The molecule has 1 aliphatic rings. The molecule has 26 heavy (non-hydrogen) atoms. The predicted molar refractivity (Wildman–Crippen MR) is 96.5 cm³/mol. The van der Waals surface area contributed by atoms with Gasteiger partial charge in [-0.2, -0.15) is 0 Å². The highest BCUT2D eigenvalue weighted by Gasteiger charge is 2.42. The summed E-state index contributed by atoms with van der Waals surface area (Å²) in [5.74, 6) is -0.204. The van der Waals surface area contributed by atoms with Crippen molar-refractivity contribution in [1.82, 2.24) is 5.32 Å². The topological polar surface area (TPSA) is 84.6 Å². The van der Waals surface area contributed by atoms with E-state index < -0.39 is 23.7 Å². The van der Waals surface area contributed by atoms with Gasteiger partial charge in [-0.15, -0.1) is 0 Å². The van der Waals surface area contributed by atoms with E-state index in [0.29, 0.717) is 35.4 Å². The summed E-state index contributed by atoms with van der Waals surface area (Å²) in [6, 6.07) is 11.1. The number of carbonyl (C=O) groups is 1. The van der Waals surface area contributed by atoms with E-state index in [1.54, 1.807) is 50.2 Å². The number of rotatable bonds is 5. The molecule has 1 aliphatic heterocycles. The lowest BCUT2D eigenvalue weighted by molar-refractivity contribution is -0.0644. The Kier molecular flexibility index (Phi) is 4.98. The Hall–Kier alpha value is -2.44. The van der Waals surface area contributed by atoms with Crippen LogP contribution in [0.3, 0.4) is 0 Å². The van der Waals surface area contributed by atoms with Crippen molar-refractivity contribution in [3.05, 3.63) is 65.0 Å². The zero-order valence-electron chi connectivity index (χ0n) is 14.8. The summed E-state index contributed by atoms with van der Waals surface area (Å²) >= 11 is 0. The van der Waals surface area contributed by atoms with E-state index in [4.69, 9.17) is 10.5 Å². The second kappa shape index (κ2) is 7.05. The van der Waals surface area contributed by atoms with Crippen LogP contribution in [0.4, 0.5) is 4.39 Å². The number of nitrogens with two attached hydrogens (primary N) is 1. The van der Waals surface area contributed by atoms with E-state index in [1.807, 2.05) is 0 Å². The highest BCUT2D eigenvalue weighted by Crippen LogP contribution is 2.40. The third-order valence-electron chi connectivity index (χ3n) is 4.75. The van der Waals surface area contributed by atoms with Crippen LogP contribution in [-0.4, -0.2) is 29.3 Å². The van der Waals surface area contributed by atoms with Crippen molar-refractivity contribution in [2.24, 2.45) is 5.73 Å². The molecule has 3 rings (SSSR count). The predicted octanol–water partition coefficient (Wildman–Crippen LogP) is 2.33. The number of amides is 1. The van der Waals surface area contributed by atoms with Crippen LogP contribution in [0.15, 0.2) is 42.5 Å². The Labute approximate surface area is 152 Å². The molecule has 4 N–H and O–H groups in total. The third kappa shape index (κ3) is 3.57. The number of ether oxygens (including phenoxy) is 1. The molecule has 0 aliphatic carbocycles. The minimum absolute atomic E-state index is 0.251. The highest BCUT2D eigenvalue weighted by molar-refractivity contribution is 5.93. The molecular weight excluding hydrogens is 335 g/mol. The minimum atomic E-state index is -0.848. The summed E-state index contributed by atoms with van der Waals surface area (Å²) < 4.78 is 19.7. The first kappa shape index (κ1) is 18.4. The Balaban J connectivity index is 1.84. The average Bonchev–Trinajstić information content (AvgIpc) is 2.59. The average molecular weight is 358 g/mol. The standard InChI is InChI=1S/C20H23FN2O3/c1-20(2)18(24)17(23-10-9-12-5-3-4-6-15(12)21)14-11-13(19(22)25)7-8-16(14)26-20/h3-8,11,17-18,23-24H,9-10H2,1-2H3,(H2,22,25). The molecule has 0 fully saturated rings. The van der Waals surface area contributed by atoms with Crippen molar-refractivity contribution < 1.29 is 19.0 Å². The molecule has 0 saturated carbocycles. The van der Waals surface area contributed by atoms with Gasteiger partial charge < -0.3 is 20.9 Å². The number of halogens is 1. The van der Waals surface area contributed by atoms with Crippen LogP contribution in [0.25, 0.3) is 0 Å². The van der Waals surface area contributed by atoms with Gasteiger partial charge in [0.15, 0.2) is 0 Å². The fraction of sp³-hybridized carbons (Fsp3) is 0.350. The summed E-state index contributed by atoms with van der Waals surface area (Å²) in [5.41, 5.74) is 6.18. The number of nitrogens with one attached hydrogen (secondary N) is 1. The largest absolute Gasteiger partial charge is 0.485 e. The van der Waals surface area contributed by atoms with Gasteiger partial charge in [0.1, 0.15) is 23.3 Å². The van der Waals surface area contributed by atoms with E-state index in [0.717, 1.165) is 0 Å². The van der Waals surface area contributed by atoms with Gasteiger partial charge in [0.25, 0.3) is 0 Å². The first-order valence-corrected chi connectivity index (χ1v) is 8.57. The number of aliphatic hydroxyl groups is 1. The van der Waals surface area contributed by atoms with Gasteiger partial charge in [0, 0.05) is 11.1 Å². The van der Waals surface area contributed by atoms with E-state index in [2.05, 4.69) is 5.32 Å². The minimum Gasteiger partial charge on any atom is -0.485 e. The molecule has 6 heteroatoms. The quantitative estimate of drug-likeness (QED) is 0.766. The molecule has 0 spiro atoms. The summed E-state index contributed by atoms with van der Waals surface area (Å²) in [4.78, 5) is 11.5. The number of benzene rings is 2. The molecule has 0 bridgehead atoms. The Morgan fingerprint density at radius 1 is 1.31 bits per heavy atom. The van der Waals surface area contributed by atoms with Crippen molar-refractivity contribution in [2.45, 2.75) is 38.0 Å². The van der Waals surface area contributed by atoms with Crippen LogP contribution >= 0.6 is 0 Å². The zero-order chi connectivity index (χ0) is 18.9. The van der Waals surface area contributed by atoms with Crippen molar-refractivity contribution in [1.29, 1.82) is 0 Å².